The lowest BCUT2D eigenvalue weighted by atomic mass is 9.89. The number of furan rings is 1. The average Bonchev–Trinajstić information content (AvgIpc) is 3.05. The molecule has 1 aromatic carbocycles. The minimum atomic E-state index is -1.92. The number of Topliss-reactive ketones (excluding diaryl/α,β-unsaturated/α-hetero) is 1. The monoisotopic (exact) mass is 389 g/mol. The Morgan fingerprint density at radius 2 is 2.17 bits per heavy atom. The zero-order valence-corrected chi connectivity index (χ0v) is 14.7. The molecule has 1 aliphatic rings. The highest BCUT2D eigenvalue weighted by atomic mass is 79.9. The first-order chi connectivity index (χ1) is 11.4. The average molecular weight is 390 g/mol. The van der Waals surface area contributed by atoms with Crippen LogP contribution in [0.4, 0.5) is 5.69 Å². The van der Waals surface area contributed by atoms with Crippen LogP contribution in [0.3, 0.4) is 0 Å². The number of rotatable bonds is 5. The number of anilines is 1. The first-order valence-corrected chi connectivity index (χ1v) is 8.21. The van der Waals surface area contributed by atoms with Gasteiger partial charge in [-0.05, 0) is 37.3 Å². The number of benzene rings is 1. The molecule has 24 heavy (non-hydrogen) atoms. The van der Waals surface area contributed by atoms with Gasteiger partial charge >= 0.3 is 0 Å². The molecule has 3 rings (SSSR count). The zero-order valence-electron chi connectivity index (χ0n) is 13.1. The number of halogens is 1. The molecular formula is C18H16BrNO4. The molecule has 0 saturated carbocycles. The van der Waals surface area contributed by atoms with Crippen LogP contribution >= 0.6 is 15.9 Å². The van der Waals surface area contributed by atoms with Crippen LogP contribution < -0.4 is 4.90 Å². The molecule has 1 aromatic heterocycles. The molecule has 124 valence electrons. The van der Waals surface area contributed by atoms with E-state index < -0.39 is 17.3 Å². The summed E-state index contributed by atoms with van der Waals surface area (Å²) in [6, 6.07) is 8.40. The number of nitrogens with zero attached hydrogens (tertiary/aromatic N) is 1. The van der Waals surface area contributed by atoms with E-state index in [0.717, 1.165) is 0 Å². The summed E-state index contributed by atoms with van der Waals surface area (Å²) in [5.41, 5.74) is -0.936. The number of aryl methyl sites for hydroxylation is 1. The number of hydrogen-bond donors (Lipinski definition) is 1. The minimum absolute atomic E-state index is 0.132. The topological polar surface area (TPSA) is 70.8 Å². The first-order valence-electron chi connectivity index (χ1n) is 7.41. The maximum absolute atomic E-state index is 12.8. The van der Waals surface area contributed by atoms with Crippen LogP contribution in [0.15, 0.2) is 51.9 Å². The summed E-state index contributed by atoms with van der Waals surface area (Å²) in [7, 11) is 0. The van der Waals surface area contributed by atoms with Crippen molar-refractivity contribution in [2.45, 2.75) is 18.9 Å². The fourth-order valence-electron chi connectivity index (χ4n) is 2.91. The van der Waals surface area contributed by atoms with E-state index in [0.29, 0.717) is 21.5 Å². The molecule has 2 aromatic rings. The van der Waals surface area contributed by atoms with Gasteiger partial charge in [0.05, 0.1) is 12.1 Å². The van der Waals surface area contributed by atoms with Gasteiger partial charge in [0.15, 0.2) is 11.4 Å². The van der Waals surface area contributed by atoms with Crippen molar-refractivity contribution in [1.29, 1.82) is 0 Å². The van der Waals surface area contributed by atoms with Crippen LogP contribution in [0, 0.1) is 6.92 Å². The van der Waals surface area contributed by atoms with E-state index in [-0.39, 0.29) is 18.7 Å². The largest absolute Gasteiger partial charge is 0.458 e. The van der Waals surface area contributed by atoms with Gasteiger partial charge in [0.2, 0.25) is 5.78 Å². The van der Waals surface area contributed by atoms with Crippen LogP contribution in [0.1, 0.15) is 28.3 Å². The highest BCUT2D eigenvalue weighted by molar-refractivity contribution is 9.10. The van der Waals surface area contributed by atoms with Crippen molar-refractivity contribution in [2.75, 3.05) is 11.4 Å². The second-order valence-electron chi connectivity index (χ2n) is 5.74. The van der Waals surface area contributed by atoms with Gasteiger partial charge in [0, 0.05) is 16.6 Å². The fraction of sp³-hybridized carbons (Fsp3) is 0.222. The zero-order chi connectivity index (χ0) is 17.5. The third-order valence-corrected chi connectivity index (χ3v) is 4.53. The fourth-order valence-corrected chi connectivity index (χ4v) is 3.27. The Morgan fingerprint density at radius 1 is 1.42 bits per heavy atom. The number of ketones is 1. The van der Waals surface area contributed by atoms with E-state index in [2.05, 4.69) is 22.5 Å². The van der Waals surface area contributed by atoms with Gasteiger partial charge in [-0.3, -0.25) is 9.59 Å². The van der Waals surface area contributed by atoms with Crippen LogP contribution in [0.25, 0.3) is 0 Å². The molecule has 0 aliphatic carbocycles. The Kier molecular flexibility index (Phi) is 4.19. The van der Waals surface area contributed by atoms with Crippen LogP contribution in [-0.4, -0.2) is 23.3 Å². The van der Waals surface area contributed by atoms with Gasteiger partial charge < -0.3 is 14.4 Å². The number of carbonyl (C=O) groups excluding carboxylic acids is 2. The van der Waals surface area contributed by atoms with E-state index in [1.165, 1.54) is 4.90 Å². The number of hydrogen-bond acceptors (Lipinski definition) is 4. The highest BCUT2D eigenvalue weighted by Gasteiger charge is 2.51. The molecular weight excluding hydrogens is 374 g/mol. The SMILES string of the molecule is C=CCN1C(=O)C(O)(CC(=O)c2ccc(C)o2)c2cc(Br)ccc21. The number of aliphatic hydroxyl groups is 1. The van der Waals surface area contributed by atoms with Crippen molar-refractivity contribution in [3.63, 3.8) is 0 Å². The lowest BCUT2D eigenvalue weighted by Gasteiger charge is -2.21. The van der Waals surface area contributed by atoms with Gasteiger partial charge in [0.1, 0.15) is 5.76 Å². The van der Waals surface area contributed by atoms with Gasteiger partial charge in [0.25, 0.3) is 5.91 Å². The Morgan fingerprint density at radius 3 is 2.79 bits per heavy atom. The summed E-state index contributed by atoms with van der Waals surface area (Å²) in [6.45, 7) is 5.62. The highest BCUT2D eigenvalue weighted by Crippen LogP contribution is 2.44. The quantitative estimate of drug-likeness (QED) is 0.628. The number of carbonyl (C=O) groups is 2. The predicted octanol–water partition coefficient (Wildman–Crippen LogP) is 3.34. The summed E-state index contributed by atoms with van der Waals surface area (Å²) < 4.78 is 6.03. The van der Waals surface area contributed by atoms with Crippen molar-refractivity contribution in [1.82, 2.24) is 0 Å². The molecule has 2 heterocycles. The van der Waals surface area contributed by atoms with Gasteiger partial charge in [-0.15, -0.1) is 6.58 Å². The maximum Gasteiger partial charge on any atom is 0.264 e. The molecule has 0 saturated heterocycles. The van der Waals surface area contributed by atoms with Gasteiger partial charge in [-0.25, -0.2) is 0 Å². The molecule has 0 spiro atoms. The van der Waals surface area contributed by atoms with Gasteiger partial charge in [-0.2, -0.15) is 0 Å². The number of amides is 1. The van der Waals surface area contributed by atoms with Crippen molar-refractivity contribution >= 4 is 33.3 Å². The second-order valence-corrected chi connectivity index (χ2v) is 6.65. The molecule has 0 radical (unpaired) electrons. The molecule has 1 unspecified atom stereocenters. The van der Waals surface area contributed by atoms with Crippen molar-refractivity contribution in [3.05, 3.63) is 64.5 Å². The molecule has 1 atom stereocenters. The Bertz CT molecular complexity index is 841. The van der Waals surface area contributed by atoms with Crippen molar-refractivity contribution in [3.8, 4) is 0 Å². The lowest BCUT2D eigenvalue weighted by Crippen LogP contribution is -2.41. The van der Waals surface area contributed by atoms with E-state index in [1.54, 1.807) is 43.3 Å². The summed E-state index contributed by atoms with van der Waals surface area (Å²) in [5.74, 6) is -0.232. The summed E-state index contributed by atoms with van der Waals surface area (Å²) in [6.07, 6.45) is 1.20. The molecule has 0 bridgehead atoms. The molecule has 1 aliphatic heterocycles. The van der Waals surface area contributed by atoms with Crippen molar-refractivity contribution < 1.29 is 19.1 Å². The number of fused-ring (bicyclic) bond motifs is 1. The molecule has 1 N–H and O–H groups in total. The molecule has 5 nitrogen and oxygen atoms in total. The Hall–Kier alpha value is -2.18. The second kappa shape index (κ2) is 6.03. The lowest BCUT2D eigenvalue weighted by molar-refractivity contribution is -0.135. The standard InChI is InChI=1S/C18H16BrNO4/c1-3-8-20-14-6-5-12(19)9-13(14)18(23,17(20)22)10-15(21)16-7-4-11(2)24-16/h3-7,9,23H,1,8,10H2,2H3. The minimum Gasteiger partial charge on any atom is -0.458 e. The van der Waals surface area contributed by atoms with E-state index in [4.69, 9.17) is 4.42 Å². The maximum atomic E-state index is 12.8. The molecule has 1 amide bonds. The van der Waals surface area contributed by atoms with Crippen LogP contribution in [0.2, 0.25) is 0 Å². The third-order valence-electron chi connectivity index (χ3n) is 4.04. The van der Waals surface area contributed by atoms with E-state index >= 15 is 0 Å². The molecule has 0 fully saturated rings. The summed E-state index contributed by atoms with van der Waals surface area (Å²) in [4.78, 5) is 26.7. The van der Waals surface area contributed by atoms with E-state index in [9.17, 15) is 14.7 Å². The predicted molar refractivity (Wildman–Crippen MR) is 93.0 cm³/mol. The van der Waals surface area contributed by atoms with Crippen molar-refractivity contribution in [2.24, 2.45) is 0 Å². The normalized spacial score (nSPS) is 19.5. The third kappa shape index (κ3) is 2.61. The summed E-state index contributed by atoms with van der Waals surface area (Å²) in [5, 5.41) is 11.1. The van der Waals surface area contributed by atoms with Gasteiger partial charge in [-0.1, -0.05) is 22.0 Å². The summed E-state index contributed by atoms with van der Waals surface area (Å²) >= 11 is 3.35. The first kappa shape index (κ1) is 16.7. The Labute approximate surface area is 147 Å². The Balaban J connectivity index is 2.02. The van der Waals surface area contributed by atoms with E-state index in [1.807, 2.05) is 0 Å². The van der Waals surface area contributed by atoms with Crippen LogP contribution in [0.5, 0.6) is 0 Å². The smallest absolute Gasteiger partial charge is 0.264 e. The van der Waals surface area contributed by atoms with Crippen LogP contribution in [-0.2, 0) is 10.4 Å². The molecule has 6 heteroatoms.